The van der Waals surface area contributed by atoms with Crippen LogP contribution in [0.5, 0.6) is 0 Å². The fraction of sp³-hybridized carbons (Fsp3) is 0.625. The van der Waals surface area contributed by atoms with Crippen LogP contribution in [0, 0.1) is 5.92 Å². The third-order valence-corrected chi connectivity index (χ3v) is 4.59. The van der Waals surface area contributed by atoms with Crippen molar-refractivity contribution in [2.45, 2.75) is 51.7 Å². The Morgan fingerprint density at radius 1 is 1.37 bits per heavy atom. The monoisotopic (exact) mass is 281 g/mol. The Hall–Kier alpha value is -0.730. The summed E-state index contributed by atoms with van der Waals surface area (Å²) in [5.74, 6) is 0.803. The molecule has 0 saturated heterocycles. The first-order chi connectivity index (χ1) is 8.99. The van der Waals surface area contributed by atoms with Gasteiger partial charge in [-0.05, 0) is 43.4 Å². The van der Waals surface area contributed by atoms with Crippen molar-refractivity contribution in [3.8, 4) is 0 Å². The lowest BCUT2D eigenvalue weighted by atomic mass is 9.86. The highest BCUT2D eigenvalue weighted by molar-refractivity contribution is 6.33. The van der Waals surface area contributed by atoms with Gasteiger partial charge in [-0.3, -0.25) is 0 Å². The minimum Gasteiger partial charge on any atom is -0.389 e. The molecule has 106 valence electrons. The van der Waals surface area contributed by atoms with Crippen molar-refractivity contribution in [1.82, 2.24) is 0 Å². The summed E-state index contributed by atoms with van der Waals surface area (Å²) in [4.78, 5) is 2.31. The van der Waals surface area contributed by atoms with Gasteiger partial charge in [-0.2, -0.15) is 0 Å². The topological polar surface area (TPSA) is 23.5 Å². The average Bonchev–Trinajstić information content (AvgIpc) is 2.37. The van der Waals surface area contributed by atoms with Gasteiger partial charge in [-0.25, -0.2) is 0 Å². The molecule has 1 aromatic rings. The predicted octanol–water partition coefficient (Wildman–Crippen LogP) is 4.41. The summed E-state index contributed by atoms with van der Waals surface area (Å²) in [5, 5.41) is 10.3. The van der Waals surface area contributed by atoms with Gasteiger partial charge in [0.2, 0.25) is 0 Å². The first-order valence-electron chi connectivity index (χ1n) is 7.19. The Bertz CT molecular complexity index is 433. The first-order valence-corrected chi connectivity index (χ1v) is 7.57. The van der Waals surface area contributed by atoms with Crippen LogP contribution in [-0.4, -0.2) is 18.2 Å². The second kappa shape index (κ2) is 6.15. The summed E-state index contributed by atoms with van der Waals surface area (Å²) in [6.45, 7) is 4.09. The van der Waals surface area contributed by atoms with Gasteiger partial charge in [0.15, 0.2) is 0 Å². The number of aliphatic hydroxyl groups is 1. The fourth-order valence-electron chi connectivity index (χ4n) is 3.02. The van der Waals surface area contributed by atoms with E-state index in [9.17, 15) is 5.11 Å². The molecule has 0 amide bonds. The summed E-state index contributed by atoms with van der Waals surface area (Å²) in [6, 6.07) is 6.46. The molecule has 1 fully saturated rings. The van der Waals surface area contributed by atoms with E-state index in [2.05, 4.69) is 18.9 Å². The van der Waals surface area contributed by atoms with Gasteiger partial charge in [0.1, 0.15) is 0 Å². The Morgan fingerprint density at radius 3 is 2.68 bits per heavy atom. The Balaban J connectivity index is 2.16. The molecule has 1 aliphatic carbocycles. The maximum Gasteiger partial charge on any atom is 0.0762 e. The van der Waals surface area contributed by atoms with Gasteiger partial charge in [-0.1, -0.05) is 37.4 Å². The SMILES string of the molecule is CC1CCCC(N(C)c2ccc([C@H](C)O)cc2Cl)C1. The molecule has 0 aromatic heterocycles. The normalized spacial score (nSPS) is 25.1. The lowest BCUT2D eigenvalue weighted by Crippen LogP contribution is -2.35. The van der Waals surface area contributed by atoms with E-state index in [1.54, 1.807) is 6.92 Å². The van der Waals surface area contributed by atoms with Gasteiger partial charge >= 0.3 is 0 Å². The number of nitrogens with zero attached hydrogens (tertiary/aromatic N) is 1. The smallest absolute Gasteiger partial charge is 0.0762 e. The van der Waals surface area contributed by atoms with Crippen molar-refractivity contribution in [3.05, 3.63) is 28.8 Å². The third-order valence-electron chi connectivity index (χ3n) is 4.29. The van der Waals surface area contributed by atoms with Crippen molar-refractivity contribution in [3.63, 3.8) is 0 Å². The number of halogens is 1. The Morgan fingerprint density at radius 2 is 2.11 bits per heavy atom. The molecular weight excluding hydrogens is 258 g/mol. The van der Waals surface area contributed by atoms with E-state index in [1.807, 2.05) is 18.2 Å². The summed E-state index contributed by atoms with van der Waals surface area (Å²) in [7, 11) is 2.13. The second-order valence-corrected chi connectivity index (χ2v) is 6.33. The highest BCUT2D eigenvalue weighted by Gasteiger charge is 2.23. The Labute approximate surface area is 121 Å². The zero-order valence-electron chi connectivity index (χ0n) is 12.1. The van der Waals surface area contributed by atoms with Crippen LogP contribution in [0.15, 0.2) is 18.2 Å². The molecule has 1 aromatic carbocycles. The average molecular weight is 282 g/mol. The molecule has 0 heterocycles. The molecule has 3 atom stereocenters. The number of hydrogen-bond acceptors (Lipinski definition) is 2. The molecular formula is C16H24ClNO. The zero-order valence-corrected chi connectivity index (χ0v) is 12.8. The van der Waals surface area contributed by atoms with Crippen LogP contribution in [0.2, 0.25) is 5.02 Å². The van der Waals surface area contributed by atoms with E-state index in [4.69, 9.17) is 11.6 Å². The van der Waals surface area contributed by atoms with Crippen LogP contribution in [0.25, 0.3) is 0 Å². The van der Waals surface area contributed by atoms with E-state index in [-0.39, 0.29) is 0 Å². The highest BCUT2D eigenvalue weighted by Crippen LogP contribution is 2.34. The van der Waals surface area contributed by atoms with Crippen molar-refractivity contribution < 1.29 is 5.11 Å². The van der Waals surface area contributed by atoms with Gasteiger partial charge in [-0.15, -0.1) is 0 Å². The van der Waals surface area contributed by atoms with Gasteiger partial charge in [0, 0.05) is 13.1 Å². The third kappa shape index (κ3) is 3.43. The van der Waals surface area contributed by atoms with Crippen molar-refractivity contribution >= 4 is 17.3 Å². The van der Waals surface area contributed by atoms with Crippen LogP contribution < -0.4 is 4.90 Å². The standard InChI is InChI=1S/C16H24ClNO/c1-11-5-4-6-14(9-11)18(3)16-8-7-13(12(2)19)10-15(16)17/h7-8,10-12,14,19H,4-6,9H2,1-3H3/t11?,12-,14?/m0/s1. The van der Waals surface area contributed by atoms with E-state index >= 15 is 0 Å². The Kier molecular flexibility index (Phi) is 4.75. The van der Waals surface area contributed by atoms with Crippen molar-refractivity contribution in [2.24, 2.45) is 5.92 Å². The molecule has 0 radical (unpaired) electrons. The maximum atomic E-state index is 9.59. The first kappa shape index (κ1) is 14.7. The van der Waals surface area contributed by atoms with E-state index in [1.165, 1.54) is 25.7 Å². The highest BCUT2D eigenvalue weighted by atomic mass is 35.5. The van der Waals surface area contributed by atoms with Gasteiger partial charge in [0.05, 0.1) is 16.8 Å². The molecule has 2 nitrogen and oxygen atoms in total. The molecule has 3 heteroatoms. The van der Waals surface area contributed by atoms with Gasteiger partial charge in [0.25, 0.3) is 0 Å². The number of hydrogen-bond donors (Lipinski definition) is 1. The molecule has 2 rings (SSSR count). The summed E-state index contributed by atoms with van der Waals surface area (Å²) >= 11 is 6.37. The maximum absolute atomic E-state index is 9.59. The van der Waals surface area contributed by atoms with Gasteiger partial charge < -0.3 is 10.0 Å². The molecule has 1 N–H and O–H groups in total. The molecule has 1 saturated carbocycles. The van der Waals surface area contributed by atoms with Crippen LogP contribution in [-0.2, 0) is 0 Å². The minimum atomic E-state index is -0.466. The van der Waals surface area contributed by atoms with E-state index in [0.717, 1.165) is 22.2 Å². The van der Waals surface area contributed by atoms with Crippen molar-refractivity contribution in [2.75, 3.05) is 11.9 Å². The fourth-order valence-corrected chi connectivity index (χ4v) is 3.34. The van der Waals surface area contributed by atoms with E-state index < -0.39 is 6.10 Å². The predicted molar refractivity (Wildman–Crippen MR) is 81.9 cm³/mol. The second-order valence-electron chi connectivity index (χ2n) is 5.92. The van der Waals surface area contributed by atoms with Crippen molar-refractivity contribution in [1.29, 1.82) is 0 Å². The molecule has 0 spiro atoms. The lowest BCUT2D eigenvalue weighted by molar-refractivity contribution is 0.199. The van der Waals surface area contributed by atoms with Crippen LogP contribution >= 0.6 is 11.6 Å². The number of benzene rings is 1. The summed E-state index contributed by atoms with van der Waals surface area (Å²) in [5.41, 5.74) is 1.95. The molecule has 0 bridgehead atoms. The number of aliphatic hydroxyl groups excluding tert-OH is 1. The molecule has 1 aliphatic rings. The van der Waals surface area contributed by atoms with E-state index in [0.29, 0.717) is 6.04 Å². The molecule has 2 unspecified atom stereocenters. The summed E-state index contributed by atoms with van der Waals surface area (Å²) < 4.78 is 0. The zero-order chi connectivity index (χ0) is 14.0. The number of rotatable bonds is 3. The summed E-state index contributed by atoms with van der Waals surface area (Å²) in [6.07, 6.45) is 4.67. The largest absolute Gasteiger partial charge is 0.389 e. The molecule has 19 heavy (non-hydrogen) atoms. The number of anilines is 1. The molecule has 0 aliphatic heterocycles. The minimum absolute atomic E-state index is 0.466. The quantitative estimate of drug-likeness (QED) is 0.887. The lowest BCUT2D eigenvalue weighted by Gasteiger charge is -2.36. The van der Waals surface area contributed by atoms with Crippen LogP contribution in [0.4, 0.5) is 5.69 Å². The van der Waals surface area contributed by atoms with Crippen LogP contribution in [0.3, 0.4) is 0 Å². The van der Waals surface area contributed by atoms with Crippen LogP contribution in [0.1, 0.15) is 51.2 Å².